The van der Waals surface area contributed by atoms with E-state index in [1.807, 2.05) is 29.2 Å². The van der Waals surface area contributed by atoms with Gasteiger partial charge in [-0.15, -0.1) is 0 Å². The van der Waals surface area contributed by atoms with E-state index >= 15 is 0 Å². The number of hydrogen-bond donors (Lipinski definition) is 1. The van der Waals surface area contributed by atoms with Crippen LogP contribution in [0.25, 0.3) is 0 Å². The number of piperidine rings is 1. The van der Waals surface area contributed by atoms with Gasteiger partial charge in [-0.2, -0.15) is 0 Å². The first-order valence-corrected chi connectivity index (χ1v) is 9.03. The molecule has 0 aliphatic carbocycles. The molecule has 25 heavy (non-hydrogen) atoms. The molecule has 2 aliphatic rings. The molecule has 0 bridgehead atoms. The monoisotopic (exact) mass is 345 g/mol. The minimum absolute atomic E-state index is 0.0372. The third-order valence-electron chi connectivity index (χ3n) is 5.26. The van der Waals surface area contributed by atoms with E-state index < -0.39 is 0 Å². The molecule has 6 nitrogen and oxygen atoms in total. The zero-order valence-electron chi connectivity index (χ0n) is 15.2. The molecule has 0 radical (unpaired) electrons. The number of anilines is 1. The lowest BCUT2D eigenvalue weighted by molar-refractivity contribution is -0.117. The second-order valence-corrected chi connectivity index (χ2v) is 7.09. The Kier molecular flexibility index (Phi) is 5.16. The normalized spacial score (nSPS) is 26.7. The highest BCUT2D eigenvalue weighted by Gasteiger charge is 2.35. The number of methoxy groups -OCH3 is 1. The number of urea groups is 1. The van der Waals surface area contributed by atoms with E-state index in [2.05, 4.69) is 19.2 Å². The summed E-state index contributed by atoms with van der Waals surface area (Å²) in [5, 5.41) is 3.06. The maximum absolute atomic E-state index is 12.7. The van der Waals surface area contributed by atoms with Crippen LogP contribution in [-0.2, 0) is 4.79 Å². The Balaban J connectivity index is 1.63. The zero-order chi connectivity index (χ0) is 18.0. The van der Waals surface area contributed by atoms with Crippen LogP contribution < -0.4 is 15.0 Å². The van der Waals surface area contributed by atoms with E-state index in [0.29, 0.717) is 13.0 Å². The quantitative estimate of drug-likeness (QED) is 0.916. The Hall–Kier alpha value is -2.24. The van der Waals surface area contributed by atoms with Gasteiger partial charge in [0.25, 0.3) is 0 Å². The van der Waals surface area contributed by atoms with E-state index in [1.54, 1.807) is 12.0 Å². The summed E-state index contributed by atoms with van der Waals surface area (Å²) in [6.45, 7) is 4.70. The maximum Gasteiger partial charge on any atom is 0.318 e. The number of rotatable bonds is 3. The summed E-state index contributed by atoms with van der Waals surface area (Å²) in [4.78, 5) is 28.7. The minimum atomic E-state index is -0.150. The third-order valence-corrected chi connectivity index (χ3v) is 5.26. The number of benzene rings is 1. The fraction of sp³-hybridized carbons (Fsp3) is 0.579. The molecule has 1 aromatic carbocycles. The Morgan fingerprint density at radius 1 is 1.16 bits per heavy atom. The Bertz CT molecular complexity index is 621. The lowest BCUT2D eigenvalue weighted by Crippen LogP contribution is -2.54. The highest BCUT2D eigenvalue weighted by atomic mass is 16.5. The number of ether oxygens (including phenoxy) is 1. The number of nitrogens with one attached hydrogen (secondary N) is 1. The fourth-order valence-corrected chi connectivity index (χ4v) is 3.89. The number of nitrogens with zero attached hydrogens (tertiary/aromatic N) is 2. The highest BCUT2D eigenvalue weighted by molar-refractivity contribution is 5.96. The number of carbonyl (C=O) groups excluding carboxylic acids is 2. The lowest BCUT2D eigenvalue weighted by Gasteiger charge is -2.39. The first-order valence-electron chi connectivity index (χ1n) is 9.03. The zero-order valence-corrected chi connectivity index (χ0v) is 15.2. The van der Waals surface area contributed by atoms with Crippen LogP contribution in [0, 0.1) is 0 Å². The van der Waals surface area contributed by atoms with Crippen molar-refractivity contribution in [2.45, 2.75) is 57.7 Å². The first kappa shape index (κ1) is 17.6. The second-order valence-electron chi connectivity index (χ2n) is 7.09. The van der Waals surface area contributed by atoms with Gasteiger partial charge in [0, 0.05) is 30.7 Å². The molecule has 0 spiro atoms. The van der Waals surface area contributed by atoms with E-state index in [1.165, 1.54) is 6.42 Å². The van der Waals surface area contributed by atoms with Gasteiger partial charge in [0.1, 0.15) is 5.75 Å². The van der Waals surface area contributed by atoms with Crippen molar-refractivity contribution in [2.24, 2.45) is 0 Å². The highest BCUT2D eigenvalue weighted by Crippen LogP contribution is 2.26. The van der Waals surface area contributed by atoms with Crippen LogP contribution in [0.15, 0.2) is 24.3 Å². The van der Waals surface area contributed by atoms with Gasteiger partial charge in [-0.25, -0.2) is 4.79 Å². The summed E-state index contributed by atoms with van der Waals surface area (Å²) in [5.74, 6) is 0.795. The molecule has 0 saturated carbocycles. The maximum atomic E-state index is 12.7. The van der Waals surface area contributed by atoms with Crippen LogP contribution in [-0.4, -0.2) is 48.6 Å². The van der Waals surface area contributed by atoms with Crippen molar-refractivity contribution in [3.63, 3.8) is 0 Å². The molecule has 2 aliphatic heterocycles. The molecule has 0 unspecified atom stereocenters. The fourth-order valence-electron chi connectivity index (χ4n) is 3.89. The summed E-state index contributed by atoms with van der Waals surface area (Å²) in [5.41, 5.74) is 0.835. The van der Waals surface area contributed by atoms with Gasteiger partial charge in [-0.1, -0.05) is 0 Å². The predicted molar refractivity (Wildman–Crippen MR) is 96.9 cm³/mol. The molecule has 6 heteroatoms. The summed E-state index contributed by atoms with van der Waals surface area (Å²) >= 11 is 0. The number of hydrogen-bond acceptors (Lipinski definition) is 3. The van der Waals surface area contributed by atoms with Gasteiger partial charge in [0.2, 0.25) is 5.91 Å². The van der Waals surface area contributed by atoms with Crippen molar-refractivity contribution in [3.8, 4) is 5.75 Å². The van der Waals surface area contributed by atoms with E-state index in [0.717, 1.165) is 24.3 Å². The van der Waals surface area contributed by atoms with Crippen molar-refractivity contribution in [2.75, 3.05) is 18.6 Å². The standard InChI is InChI=1S/C19H27N3O3/c1-13-5-4-6-14(2)22(13)19(24)20-15-11-18(23)21(12-15)16-7-9-17(25-3)10-8-16/h7-10,13-15H,4-6,11-12H2,1-3H3,(H,20,24)/t13-,14-,15-/m1/s1. The molecule has 1 N–H and O–H groups in total. The molecule has 2 heterocycles. The molecular formula is C19H27N3O3. The van der Waals surface area contributed by atoms with E-state index in [4.69, 9.17) is 4.74 Å². The van der Waals surface area contributed by atoms with Gasteiger partial charge in [-0.3, -0.25) is 4.79 Å². The predicted octanol–water partition coefficient (Wildman–Crippen LogP) is 2.77. The lowest BCUT2D eigenvalue weighted by atomic mass is 9.98. The Labute approximate surface area is 149 Å². The van der Waals surface area contributed by atoms with Crippen LogP contribution in [0.3, 0.4) is 0 Å². The van der Waals surface area contributed by atoms with Crippen LogP contribution >= 0.6 is 0 Å². The average Bonchev–Trinajstić information content (AvgIpc) is 2.95. The van der Waals surface area contributed by atoms with Crippen LogP contribution in [0.4, 0.5) is 10.5 Å². The van der Waals surface area contributed by atoms with E-state index in [9.17, 15) is 9.59 Å². The van der Waals surface area contributed by atoms with Crippen molar-refractivity contribution < 1.29 is 14.3 Å². The molecule has 3 amide bonds. The van der Waals surface area contributed by atoms with Gasteiger partial charge in [0.15, 0.2) is 0 Å². The second kappa shape index (κ2) is 7.33. The topological polar surface area (TPSA) is 61.9 Å². The van der Waals surface area contributed by atoms with Crippen molar-refractivity contribution in [3.05, 3.63) is 24.3 Å². The van der Waals surface area contributed by atoms with Crippen molar-refractivity contribution >= 4 is 17.6 Å². The average molecular weight is 345 g/mol. The van der Waals surface area contributed by atoms with Gasteiger partial charge in [-0.05, 0) is 57.4 Å². The SMILES string of the molecule is COc1ccc(N2C[C@H](NC(=O)N3[C@H](C)CCC[C@H]3C)CC2=O)cc1. The van der Waals surface area contributed by atoms with E-state index in [-0.39, 0.29) is 30.1 Å². The van der Waals surface area contributed by atoms with Gasteiger partial charge < -0.3 is 19.9 Å². The molecule has 1 aromatic rings. The van der Waals surface area contributed by atoms with Crippen LogP contribution in [0.2, 0.25) is 0 Å². The summed E-state index contributed by atoms with van der Waals surface area (Å²) in [6, 6.07) is 7.72. The smallest absolute Gasteiger partial charge is 0.318 e. The molecule has 3 rings (SSSR count). The summed E-state index contributed by atoms with van der Waals surface area (Å²) in [7, 11) is 1.62. The van der Waals surface area contributed by atoms with Gasteiger partial charge in [0.05, 0.1) is 13.2 Å². The summed E-state index contributed by atoms with van der Waals surface area (Å²) in [6.07, 6.45) is 3.59. The summed E-state index contributed by atoms with van der Waals surface area (Å²) < 4.78 is 5.15. The number of carbonyl (C=O) groups is 2. The Morgan fingerprint density at radius 2 is 1.80 bits per heavy atom. The number of likely N-dealkylation sites (tertiary alicyclic amines) is 1. The molecule has 136 valence electrons. The molecular weight excluding hydrogens is 318 g/mol. The molecule has 2 fully saturated rings. The van der Waals surface area contributed by atoms with Crippen molar-refractivity contribution in [1.82, 2.24) is 10.2 Å². The third kappa shape index (κ3) is 3.72. The van der Waals surface area contributed by atoms with Crippen LogP contribution in [0.1, 0.15) is 39.5 Å². The van der Waals surface area contributed by atoms with Crippen molar-refractivity contribution in [1.29, 1.82) is 0 Å². The van der Waals surface area contributed by atoms with Gasteiger partial charge >= 0.3 is 6.03 Å². The molecule has 2 saturated heterocycles. The first-order chi connectivity index (χ1) is 12.0. The molecule has 0 aromatic heterocycles. The minimum Gasteiger partial charge on any atom is -0.497 e. The molecule has 3 atom stereocenters. The van der Waals surface area contributed by atoms with Crippen LogP contribution in [0.5, 0.6) is 5.75 Å². The number of amides is 3. The largest absolute Gasteiger partial charge is 0.497 e. The Morgan fingerprint density at radius 3 is 2.40 bits per heavy atom.